The van der Waals surface area contributed by atoms with Crippen LogP contribution in [0.2, 0.25) is 0 Å². The van der Waals surface area contributed by atoms with Crippen molar-refractivity contribution < 1.29 is 14.0 Å². The second-order valence-corrected chi connectivity index (χ2v) is 7.77. The molecule has 0 radical (unpaired) electrons. The van der Waals surface area contributed by atoms with Crippen molar-refractivity contribution in [2.75, 3.05) is 6.54 Å². The van der Waals surface area contributed by atoms with Gasteiger partial charge in [0, 0.05) is 17.7 Å². The number of carbonyl (C=O) groups is 2. The first-order chi connectivity index (χ1) is 13.8. The summed E-state index contributed by atoms with van der Waals surface area (Å²) >= 11 is 0. The number of hydrogen-bond acceptors (Lipinski definition) is 3. The fourth-order valence-corrected chi connectivity index (χ4v) is 3.28. The molecule has 1 aromatic rings. The summed E-state index contributed by atoms with van der Waals surface area (Å²) in [5, 5.41) is 6.50. The van der Waals surface area contributed by atoms with Gasteiger partial charge in [-0.25, -0.2) is 9.82 Å². The van der Waals surface area contributed by atoms with Gasteiger partial charge in [-0.2, -0.15) is 5.10 Å². The Bertz CT molecular complexity index is 810. The predicted octanol–water partition coefficient (Wildman–Crippen LogP) is 4.38. The van der Waals surface area contributed by atoms with Crippen LogP contribution in [0.5, 0.6) is 0 Å². The fraction of sp³-hybridized carbons (Fsp3) is 0.435. The Morgan fingerprint density at radius 2 is 2.10 bits per heavy atom. The Morgan fingerprint density at radius 3 is 2.79 bits per heavy atom. The minimum absolute atomic E-state index is 0.171. The summed E-state index contributed by atoms with van der Waals surface area (Å²) in [5.41, 5.74) is 5.45. The van der Waals surface area contributed by atoms with Gasteiger partial charge < -0.3 is 5.32 Å². The number of carbonyl (C=O) groups excluding carboxylic acids is 2. The highest BCUT2D eigenvalue weighted by Gasteiger charge is 2.20. The summed E-state index contributed by atoms with van der Waals surface area (Å²) in [6.07, 6.45) is 10.5. The molecule has 1 aliphatic rings. The Labute approximate surface area is 172 Å². The lowest BCUT2D eigenvalue weighted by Crippen LogP contribution is -2.35. The lowest BCUT2D eigenvalue weighted by atomic mass is 9.80. The second kappa shape index (κ2) is 11.3. The molecule has 0 bridgehead atoms. The SMILES string of the molecule is CC(C)=CCCC1=CC[C@@H](/C=N\NC(=O)CNC(=O)c2cccc(F)c2)[C@@H](C)C1. The number of nitrogens with zero attached hydrogens (tertiary/aromatic N) is 1. The number of amides is 2. The van der Waals surface area contributed by atoms with Crippen LogP contribution in [0.1, 0.15) is 56.8 Å². The van der Waals surface area contributed by atoms with Crippen LogP contribution in [-0.4, -0.2) is 24.6 Å². The molecule has 0 aliphatic heterocycles. The van der Waals surface area contributed by atoms with Crippen molar-refractivity contribution in [1.82, 2.24) is 10.7 Å². The van der Waals surface area contributed by atoms with Crippen LogP contribution in [0.25, 0.3) is 0 Å². The fourth-order valence-electron chi connectivity index (χ4n) is 3.28. The van der Waals surface area contributed by atoms with E-state index >= 15 is 0 Å². The van der Waals surface area contributed by atoms with E-state index in [9.17, 15) is 14.0 Å². The number of hydrazone groups is 1. The molecule has 0 aromatic heterocycles. The Kier molecular flexibility index (Phi) is 8.77. The van der Waals surface area contributed by atoms with Gasteiger partial charge in [-0.1, -0.05) is 36.3 Å². The third kappa shape index (κ3) is 8.02. The zero-order valence-electron chi connectivity index (χ0n) is 17.4. The van der Waals surface area contributed by atoms with Gasteiger partial charge in [-0.3, -0.25) is 9.59 Å². The molecule has 6 heteroatoms. The molecular weight excluding hydrogens is 369 g/mol. The normalized spacial score (nSPS) is 18.8. The van der Waals surface area contributed by atoms with Gasteiger partial charge in [-0.05, 0) is 63.6 Å². The van der Waals surface area contributed by atoms with Crippen LogP contribution >= 0.6 is 0 Å². The van der Waals surface area contributed by atoms with Crippen LogP contribution in [0, 0.1) is 17.7 Å². The van der Waals surface area contributed by atoms with Gasteiger partial charge in [0.05, 0.1) is 6.54 Å². The number of allylic oxidation sites excluding steroid dienone is 4. The molecule has 0 saturated heterocycles. The summed E-state index contributed by atoms with van der Waals surface area (Å²) in [7, 11) is 0. The maximum atomic E-state index is 13.1. The van der Waals surface area contributed by atoms with Crippen LogP contribution < -0.4 is 10.7 Å². The van der Waals surface area contributed by atoms with Gasteiger partial charge in [-0.15, -0.1) is 0 Å². The molecule has 5 nitrogen and oxygen atoms in total. The van der Waals surface area contributed by atoms with Crippen LogP contribution in [-0.2, 0) is 4.79 Å². The summed E-state index contributed by atoms with van der Waals surface area (Å²) < 4.78 is 13.1. The van der Waals surface area contributed by atoms with E-state index in [0.717, 1.165) is 31.7 Å². The van der Waals surface area contributed by atoms with Crippen molar-refractivity contribution >= 4 is 18.0 Å². The van der Waals surface area contributed by atoms with E-state index in [1.807, 2.05) is 0 Å². The van der Waals surface area contributed by atoms with Crippen molar-refractivity contribution in [2.24, 2.45) is 16.9 Å². The van der Waals surface area contributed by atoms with E-state index < -0.39 is 17.6 Å². The molecule has 1 aliphatic carbocycles. The van der Waals surface area contributed by atoms with Gasteiger partial charge >= 0.3 is 0 Å². The zero-order valence-corrected chi connectivity index (χ0v) is 17.4. The molecule has 2 N–H and O–H groups in total. The molecule has 0 fully saturated rings. The quantitative estimate of drug-likeness (QED) is 0.387. The first-order valence-electron chi connectivity index (χ1n) is 10.0. The average molecular weight is 400 g/mol. The van der Waals surface area contributed by atoms with E-state index in [2.05, 4.69) is 48.8 Å². The third-order valence-corrected chi connectivity index (χ3v) is 4.96. The van der Waals surface area contributed by atoms with E-state index in [1.165, 1.54) is 29.3 Å². The van der Waals surface area contributed by atoms with Crippen molar-refractivity contribution in [3.05, 3.63) is 58.9 Å². The number of rotatable bonds is 8. The summed E-state index contributed by atoms with van der Waals surface area (Å²) in [5.74, 6) is -0.676. The minimum atomic E-state index is -0.504. The Hall–Kier alpha value is -2.76. The average Bonchev–Trinajstić information content (AvgIpc) is 2.67. The Balaban J connectivity index is 1.73. The summed E-state index contributed by atoms with van der Waals surface area (Å²) in [6, 6.07) is 5.31. The predicted molar refractivity (Wildman–Crippen MR) is 114 cm³/mol. The summed E-state index contributed by atoms with van der Waals surface area (Å²) in [6.45, 7) is 6.21. The molecule has 0 saturated carbocycles. The van der Waals surface area contributed by atoms with Gasteiger partial charge in [0.25, 0.3) is 11.8 Å². The van der Waals surface area contributed by atoms with E-state index in [0.29, 0.717) is 5.92 Å². The highest BCUT2D eigenvalue weighted by Crippen LogP contribution is 2.30. The van der Waals surface area contributed by atoms with Gasteiger partial charge in [0.2, 0.25) is 0 Å². The van der Waals surface area contributed by atoms with E-state index in [-0.39, 0.29) is 18.0 Å². The number of hydrogen-bond donors (Lipinski definition) is 2. The monoisotopic (exact) mass is 399 g/mol. The van der Waals surface area contributed by atoms with Crippen molar-refractivity contribution in [2.45, 2.75) is 46.5 Å². The molecule has 29 heavy (non-hydrogen) atoms. The largest absolute Gasteiger partial charge is 0.343 e. The molecule has 2 atom stereocenters. The zero-order chi connectivity index (χ0) is 21.2. The highest BCUT2D eigenvalue weighted by atomic mass is 19.1. The minimum Gasteiger partial charge on any atom is -0.343 e. The molecule has 0 heterocycles. The first kappa shape index (κ1) is 22.5. The smallest absolute Gasteiger partial charge is 0.259 e. The van der Waals surface area contributed by atoms with Crippen molar-refractivity contribution in [3.8, 4) is 0 Å². The van der Waals surface area contributed by atoms with Gasteiger partial charge in [0.1, 0.15) is 5.82 Å². The highest BCUT2D eigenvalue weighted by molar-refractivity contribution is 5.96. The molecule has 1 aromatic carbocycles. The van der Waals surface area contributed by atoms with Gasteiger partial charge in [0.15, 0.2) is 0 Å². The van der Waals surface area contributed by atoms with Crippen LogP contribution in [0.4, 0.5) is 4.39 Å². The third-order valence-electron chi connectivity index (χ3n) is 4.96. The molecule has 2 rings (SSSR count). The first-order valence-corrected chi connectivity index (χ1v) is 10.0. The molecule has 0 spiro atoms. The van der Waals surface area contributed by atoms with Crippen molar-refractivity contribution in [1.29, 1.82) is 0 Å². The van der Waals surface area contributed by atoms with E-state index in [4.69, 9.17) is 0 Å². The van der Waals surface area contributed by atoms with Crippen LogP contribution in [0.3, 0.4) is 0 Å². The molecule has 2 amide bonds. The van der Waals surface area contributed by atoms with Crippen LogP contribution in [0.15, 0.2) is 52.7 Å². The molecular formula is C23H30FN3O2. The number of halogens is 1. The van der Waals surface area contributed by atoms with Crippen molar-refractivity contribution in [3.63, 3.8) is 0 Å². The standard InChI is InChI=1S/C23H30FN3O2/c1-16(2)6-4-7-18-10-11-20(17(3)12-18)14-26-27-22(28)15-25-23(29)19-8-5-9-21(24)13-19/h5-6,8-10,13-14,17,20H,4,7,11-12,15H2,1-3H3,(H,25,29)(H,27,28)/b26-14-/t17-,20-/m0/s1. The maximum absolute atomic E-state index is 13.1. The lowest BCUT2D eigenvalue weighted by Gasteiger charge is -2.25. The van der Waals surface area contributed by atoms with E-state index in [1.54, 1.807) is 6.21 Å². The second-order valence-electron chi connectivity index (χ2n) is 7.77. The maximum Gasteiger partial charge on any atom is 0.259 e. The molecule has 156 valence electrons. The summed E-state index contributed by atoms with van der Waals surface area (Å²) in [4.78, 5) is 23.8. The number of nitrogens with one attached hydrogen (secondary N) is 2. The molecule has 0 unspecified atom stereocenters. The lowest BCUT2D eigenvalue weighted by molar-refractivity contribution is -0.120. The number of benzene rings is 1. The topological polar surface area (TPSA) is 70.6 Å². The Morgan fingerprint density at radius 1 is 1.31 bits per heavy atom.